The lowest BCUT2D eigenvalue weighted by Gasteiger charge is -2.32. The molecule has 1 atom stereocenters. The summed E-state index contributed by atoms with van der Waals surface area (Å²) in [6.07, 6.45) is 1.83. The lowest BCUT2D eigenvalue weighted by Crippen LogP contribution is -2.41. The molecular weight excluding hydrogens is 228 g/mol. The molecule has 2 heterocycles. The third kappa shape index (κ3) is 1.97. The molecule has 0 aliphatic carbocycles. The molecule has 0 bridgehead atoms. The van der Waals surface area contributed by atoms with Gasteiger partial charge in [0, 0.05) is 24.2 Å². The minimum Gasteiger partial charge on any atom is -0.399 e. The van der Waals surface area contributed by atoms with E-state index in [-0.39, 0.29) is 6.10 Å². The van der Waals surface area contributed by atoms with E-state index in [9.17, 15) is 0 Å². The van der Waals surface area contributed by atoms with Gasteiger partial charge in [-0.3, -0.25) is 0 Å². The molecule has 1 unspecified atom stereocenters. The topological polar surface area (TPSA) is 64.3 Å². The number of nitrogen functional groups attached to an aromatic ring is 1. The number of morpholine rings is 1. The molecule has 1 aromatic heterocycles. The normalized spacial score (nSPS) is 20.3. The van der Waals surface area contributed by atoms with Crippen molar-refractivity contribution >= 4 is 22.4 Å². The molecule has 0 saturated carbocycles. The summed E-state index contributed by atoms with van der Waals surface area (Å²) in [5.74, 6) is 0.968. The number of benzene rings is 1. The first kappa shape index (κ1) is 11.2. The van der Waals surface area contributed by atoms with E-state index in [1.54, 1.807) is 6.33 Å². The van der Waals surface area contributed by atoms with Crippen LogP contribution in [0.15, 0.2) is 24.5 Å². The summed E-state index contributed by atoms with van der Waals surface area (Å²) in [7, 11) is 0. The fraction of sp³-hybridized carbons (Fsp3) is 0.385. The minimum atomic E-state index is 0.234. The lowest BCUT2D eigenvalue weighted by atomic mass is 10.2. The fourth-order valence-corrected chi connectivity index (χ4v) is 2.32. The number of nitrogens with two attached hydrogens (primary N) is 1. The minimum absolute atomic E-state index is 0.234. The van der Waals surface area contributed by atoms with Crippen molar-refractivity contribution in [2.75, 3.05) is 30.3 Å². The number of anilines is 2. The van der Waals surface area contributed by atoms with Crippen LogP contribution in [0.4, 0.5) is 11.5 Å². The molecule has 94 valence electrons. The zero-order valence-corrected chi connectivity index (χ0v) is 10.3. The average molecular weight is 244 g/mol. The highest BCUT2D eigenvalue weighted by Gasteiger charge is 2.19. The maximum Gasteiger partial charge on any atom is 0.140 e. The second kappa shape index (κ2) is 4.42. The number of rotatable bonds is 1. The van der Waals surface area contributed by atoms with Crippen molar-refractivity contribution in [1.82, 2.24) is 9.97 Å². The highest BCUT2D eigenvalue weighted by Crippen LogP contribution is 2.25. The fourth-order valence-electron chi connectivity index (χ4n) is 2.32. The zero-order valence-electron chi connectivity index (χ0n) is 10.3. The van der Waals surface area contributed by atoms with Crippen LogP contribution >= 0.6 is 0 Å². The third-order valence-corrected chi connectivity index (χ3v) is 3.18. The maximum atomic E-state index is 5.78. The summed E-state index contributed by atoms with van der Waals surface area (Å²) in [5.41, 5.74) is 7.39. The van der Waals surface area contributed by atoms with Gasteiger partial charge < -0.3 is 15.4 Å². The van der Waals surface area contributed by atoms with Gasteiger partial charge >= 0.3 is 0 Å². The monoisotopic (exact) mass is 244 g/mol. The first-order chi connectivity index (χ1) is 8.74. The Bertz CT molecular complexity index is 572. The van der Waals surface area contributed by atoms with Crippen molar-refractivity contribution in [2.24, 2.45) is 0 Å². The quantitative estimate of drug-likeness (QED) is 0.769. The summed E-state index contributed by atoms with van der Waals surface area (Å²) < 4.78 is 5.56. The number of aromatic nitrogens is 2. The molecule has 0 spiro atoms. The average Bonchev–Trinajstić information content (AvgIpc) is 2.37. The predicted molar refractivity (Wildman–Crippen MR) is 71.6 cm³/mol. The van der Waals surface area contributed by atoms with Gasteiger partial charge in [-0.05, 0) is 25.1 Å². The summed E-state index contributed by atoms with van der Waals surface area (Å²) in [6.45, 7) is 4.53. The molecule has 5 nitrogen and oxygen atoms in total. The molecule has 3 rings (SSSR count). The SMILES string of the molecule is CC1CN(c2ncnc3cc(N)ccc23)CCO1. The van der Waals surface area contributed by atoms with Crippen LogP contribution in [-0.4, -0.2) is 35.8 Å². The second-order valence-electron chi connectivity index (χ2n) is 4.60. The molecule has 1 aliphatic heterocycles. The molecule has 5 heteroatoms. The van der Waals surface area contributed by atoms with E-state index in [1.807, 2.05) is 18.2 Å². The van der Waals surface area contributed by atoms with Crippen molar-refractivity contribution in [3.8, 4) is 0 Å². The third-order valence-electron chi connectivity index (χ3n) is 3.18. The molecule has 1 saturated heterocycles. The van der Waals surface area contributed by atoms with Gasteiger partial charge in [-0.2, -0.15) is 0 Å². The van der Waals surface area contributed by atoms with Gasteiger partial charge in [-0.15, -0.1) is 0 Å². The molecule has 0 radical (unpaired) electrons. The Morgan fingerprint density at radius 2 is 2.28 bits per heavy atom. The van der Waals surface area contributed by atoms with E-state index in [4.69, 9.17) is 10.5 Å². The standard InChI is InChI=1S/C13H16N4O/c1-9-7-17(4-5-18-9)13-11-3-2-10(14)6-12(11)15-8-16-13/h2-3,6,8-9H,4-5,7,14H2,1H3. The Morgan fingerprint density at radius 3 is 3.11 bits per heavy atom. The Hall–Kier alpha value is -1.88. The number of fused-ring (bicyclic) bond motifs is 1. The Morgan fingerprint density at radius 1 is 1.39 bits per heavy atom. The van der Waals surface area contributed by atoms with E-state index in [0.717, 1.165) is 42.1 Å². The van der Waals surface area contributed by atoms with Crippen molar-refractivity contribution in [2.45, 2.75) is 13.0 Å². The zero-order chi connectivity index (χ0) is 12.5. The van der Waals surface area contributed by atoms with Crippen molar-refractivity contribution in [3.63, 3.8) is 0 Å². The smallest absolute Gasteiger partial charge is 0.140 e. The van der Waals surface area contributed by atoms with Gasteiger partial charge in [0.05, 0.1) is 18.2 Å². The Labute approximate surface area is 106 Å². The molecule has 0 amide bonds. The predicted octanol–water partition coefficient (Wildman–Crippen LogP) is 1.44. The second-order valence-corrected chi connectivity index (χ2v) is 4.60. The van der Waals surface area contributed by atoms with Crippen LogP contribution in [0.5, 0.6) is 0 Å². The molecule has 1 aromatic carbocycles. The molecule has 18 heavy (non-hydrogen) atoms. The van der Waals surface area contributed by atoms with Gasteiger partial charge in [-0.1, -0.05) is 0 Å². The summed E-state index contributed by atoms with van der Waals surface area (Å²) in [6, 6.07) is 5.75. The highest BCUT2D eigenvalue weighted by molar-refractivity contribution is 5.91. The molecular formula is C13H16N4O. The Balaban J connectivity index is 2.05. The molecule has 1 aliphatic rings. The van der Waals surface area contributed by atoms with Crippen LogP contribution < -0.4 is 10.6 Å². The van der Waals surface area contributed by atoms with E-state index in [2.05, 4.69) is 21.8 Å². The van der Waals surface area contributed by atoms with Gasteiger partial charge in [0.25, 0.3) is 0 Å². The van der Waals surface area contributed by atoms with Crippen molar-refractivity contribution in [1.29, 1.82) is 0 Å². The molecule has 2 N–H and O–H groups in total. The number of nitrogens with zero attached hydrogens (tertiary/aromatic N) is 3. The van der Waals surface area contributed by atoms with E-state index in [0.29, 0.717) is 0 Å². The van der Waals surface area contributed by atoms with Gasteiger partial charge in [-0.25, -0.2) is 9.97 Å². The van der Waals surface area contributed by atoms with Crippen LogP contribution in [0.25, 0.3) is 10.9 Å². The van der Waals surface area contributed by atoms with E-state index < -0.39 is 0 Å². The lowest BCUT2D eigenvalue weighted by molar-refractivity contribution is 0.0530. The number of ether oxygens (including phenoxy) is 1. The molecule has 2 aromatic rings. The Kier molecular flexibility index (Phi) is 2.76. The van der Waals surface area contributed by atoms with Crippen LogP contribution in [0.1, 0.15) is 6.92 Å². The summed E-state index contributed by atoms with van der Waals surface area (Å²) in [4.78, 5) is 10.9. The first-order valence-corrected chi connectivity index (χ1v) is 6.11. The molecule has 1 fully saturated rings. The van der Waals surface area contributed by atoms with Crippen molar-refractivity contribution < 1.29 is 4.74 Å². The number of hydrogen-bond acceptors (Lipinski definition) is 5. The van der Waals surface area contributed by atoms with E-state index >= 15 is 0 Å². The number of hydrogen-bond donors (Lipinski definition) is 1. The van der Waals surface area contributed by atoms with Gasteiger partial charge in [0.1, 0.15) is 12.1 Å². The van der Waals surface area contributed by atoms with Crippen LogP contribution in [0, 0.1) is 0 Å². The van der Waals surface area contributed by atoms with Crippen LogP contribution in [0.3, 0.4) is 0 Å². The summed E-state index contributed by atoms with van der Waals surface area (Å²) in [5, 5.41) is 1.04. The van der Waals surface area contributed by atoms with Crippen LogP contribution in [0.2, 0.25) is 0 Å². The summed E-state index contributed by atoms with van der Waals surface area (Å²) >= 11 is 0. The van der Waals surface area contributed by atoms with Crippen molar-refractivity contribution in [3.05, 3.63) is 24.5 Å². The van der Waals surface area contributed by atoms with Gasteiger partial charge in [0.15, 0.2) is 0 Å². The van der Waals surface area contributed by atoms with E-state index in [1.165, 1.54) is 0 Å². The van der Waals surface area contributed by atoms with Crippen LogP contribution in [-0.2, 0) is 4.74 Å². The van der Waals surface area contributed by atoms with Gasteiger partial charge in [0.2, 0.25) is 0 Å². The first-order valence-electron chi connectivity index (χ1n) is 6.11. The highest BCUT2D eigenvalue weighted by atomic mass is 16.5. The largest absolute Gasteiger partial charge is 0.399 e. The maximum absolute atomic E-state index is 5.78.